The molecule has 20 heavy (non-hydrogen) atoms. The summed E-state index contributed by atoms with van der Waals surface area (Å²) in [5, 5.41) is 4.40. The van der Waals surface area contributed by atoms with Crippen molar-refractivity contribution >= 4 is 28.5 Å². The van der Waals surface area contributed by atoms with Crippen LogP contribution in [0.5, 0.6) is 0 Å². The third-order valence-electron chi connectivity index (χ3n) is 3.07. The number of amides is 1. The number of aromatic amines is 1. The maximum Gasteiger partial charge on any atom is 0.252 e. The molecule has 2 heterocycles. The Morgan fingerprint density at radius 3 is 2.80 bits per heavy atom. The first-order chi connectivity index (χ1) is 9.74. The second-order valence-electron chi connectivity index (χ2n) is 4.41. The Morgan fingerprint density at radius 2 is 2.00 bits per heavy atom. The van der Waals surface area contributed by atoms with Crippen molar-refractivity contribution in [1.29, 1.82) is 0 Å². The molecule has 0 saturated carbocycles. The van der Waals surface area contributed by atoms with Crippen molar-refractivity contribution < 1.29 is 4.79 Å². The van der Waals surface area contributed by atoms with Crippen molar-refractivity contribution in [2.24, 2.45) is 0 Å². The quantitative estimate of drug-likeness (QED) is 0.777. The number of rotatable bonds is 3. The summed E-state index contributed by atoms with van der Waals surface area (Å²) in [4.78, 5) is 19.4. The van der Waals surface area contributed by atoms with Crippen LogP contribution in [0.2, 0.25) is 5.02 Å². The Kier molecular flexibility index (Phi) is 3.39. The normalized spacial score (nSPS) is 10.7. The molecular weight excluding hydrogens is 274 g/mol. The number of hydrogen-bond acceptors (Lipinski definition) is 2. The van der Waals surface area contributed by atoms with Crippen LogP contribution in [-0.4, -0.2) is 15.9 Å². The lowest BCUT2D eigenvalue weighted by atomic mass is 10.1. The van der Waals surface area contributed by atoms with Crippen LogP contribution in [0.1, 0.15) is 15.9 Å². The maximum absolute atomic E-state index is 12.2. The minimum Gasteiger partial charge on any atom is -0.348 e. The number of carbonyl (C=O) groups excluding carboxylic acids is 1. The molecule has 4 nitrogen and oxygen atoms in total. The van der Waals surface area contributed by atoms with Crippen molar-refractivity contribution in [3.63, 3.8) is 0 Å². The van der Waals surface area contributed by atoms with E-state index in [0.717, 1.165) is 10.9 Å². The zero-order chi connectivity index (χ0) is 13.9. The first-order valence-corrected chi connectivity index (χ1v) is 6.56. The number of fused-ring (bicyclic) bond motifs is 1. The van der Waals surface area contributed by atoms with E-state index in [1.54, 1.807) is 30.6 Å². The molecular formula is C15H12ClN3O. The summed E-state index contributed by atoms with van der Waals surface area (Å²) in [5.74, 6) is -0.119. The summed E-state index contributed by atoms with van der Waals surface area (Å²) in [6, 6.07) is 11.0. The van der Waals surface area contributed by atoms with E-state index in [0.29, 0.717) is 22.8 Å². The minimum absolute atomic E-state index is 0.119. The van der Waals surface area contributed by atoms with E-state index in [2.05, 4.69) is 15.3 Å². The molecule has 0 aliphatic carbocycles. The molecule has 0 fully saturated rings. The van der Waals surface area contributed by atoms with Crippen LogP contribution >= 0.6 is 11.6 Å². The third-order valence-corrected chi connectivity index (χ3v) is 3.32. The van der Waals surface area contributed by atoms with E-state index in [9.17, 15) is 4.79 Å². The van der Waals surface area contributed by atoms with Gasteiger partial charge in [0.25, 0.3) is 5.91 Å². The van der Waals surface area contributed by atoms with Crippen LogP contribution in [-0.2, 0) is 6.54 Å². The van der Waals surface area contributed by atoms with E-state index in [-0.39, 0.29) is 5.91 Å². The predicted molar refractivity (Wildman–Crippen MR) is 78.7 cm³/mol. The van der Waals surface area contributed by atoms with Gasteiger partial charge in [0.1, 0.15) is 5.65 Å². The Balaban J connectivity index is 1.76. The van der Waals surface area contributed by atoms with Crippen LogP contribution in [0, 0.1) is 0 Å². The standard InChI is InChI=1S/C15H12ClN3O/c16-11-3-1-10(2-4-11)9-19-15(20)13-6-8-18-14-12(13)5-7-17-14/h1-8H,9H2,(H,17,18)(H,19,20). The Bertz CT molecular complexity index is 749. The van der Waals surface area contributed by atoms with Gasteiger partial charge in [0.15, 0.2) is 0 Å². The van der Waals surface area contributed by atoms with Gasteiger partial charge in [-0.05, 0) is 29.8 Å². The van der Waals surface area contributed by atoms with E-state index in [1.165, 1.54) is 0 Å². The van der Waals surface area contributed by atoms with Crippen LogP contribution in [0.25, 0.3) is 11.0 Å². The molecule has 2 N–H and O–H groups in total. The molecule has 1 aromatic carbocycles. The van der Waals surface area contributed by atoms with Gasteiger partial charge >= 0.3 is 0 Å². The van der Waals surface area contributed by atoms with Crippen LogP contribution < -0.4 is 5.32 Å². The second kappa shape index (κ2) is 5.35. The lowest BCUT2D eigenvalue weighted by molar-refractivity contribution is 0.0952. The first kappa shape index (κ1) is 12.7. The first-order valence-electron chi connectivity index (χ1n) is 6.19. The molecule has 3 aromatic rings. The molecule has 0 aliphatic heterocycles. The third kappa shape index (κ3) is 2.51. The Labute approximate surface area is 120 Å². The lowest BCUT2D eigenvalue weighted by Gasteiger charge is -2.06. The van der Waals surface area contributed by atoms with Gasteiger partial charge in [-0.25, -0.2) is 4.98 Å². The number of halogens is 1. The van der Waals surface area contributed by atoms with E-state index in [4.69, 9.17) is 11.6 Å². The number of pyridine rings is 1. The van der Waals surface area contributed by atoms with E-state index < -0.39 is 0 Å². The molecule has 0 atom stereocenters. The van der Waals surface area contributed by atoms with Gasteiger partial charge in [0.2, 0.25) is 0 Å². The molecule has 0 aliphatic rings. The topological polar surface area (TPSA) is 57.8 Å². The van der Waals surface area contributed by atoms with Crippen molar-refractivity contribution in [3.8, 4) is 0 Å². The highest BCUT2D eigenvalue weighted by Gasteiger charge is 2.10. The van der Waals surface area contributed by atoms with Crippen LogP contribution in [0.3, 0.4) is 0 Å². The molecule has 0 saturated heterocycles. The average Bonchev–Trinajstić information content (AvgIpc) is 2.94. The summed E-state index contributed by atoms with van der Waals surface area (Å²) in [7, 11) is 0. The molecule has 0 spiro atoms. The van der Waals surface area contributed by atoms with Gasteiger partial charge < -0.3 is 10.3 Å². The maximum atomic E-state index is 12.2. The zero-order valence-electron chi connectivity index (χ0n) is 10.6. The van der Waals surface area contributed by atoms with E-state index >= 15 is 0 Å². The Morgan fingerprint density at radius 1 is 1.20 bits per heavy atom. The molecule has 3 rings (SSSR count). The summed E-state index contributed by atoms with van der Waals surface area (Å²) < 4.78 is 0. The molecule has 1 amide bonds. The SMILES string of the molecule is O=C(NCc1ccc(Cl)cc1)c1ccnc2[nH]ccc12. The van der Waals surface area contributed by atoms with Crippen LogP contribution in [0.15, 0.2) is 48.8 Å². The highest BCUT2D eigenvalue weighted by atomic mass is 35.5. The predicted octanol–water partition coefficient (Wildman–Crippen LogP) is 3.15. The monoisotopic (exact) mass is 285 g/mol. The number of aromatic nitrogens is 2. The number of H-pyrrole nitrogens is 1. The smallest absolute Gasteiger partial charge is 0.252 e. The average molecular weight is 286 g/mol. The summed E-state index contributed by atoms with van der Waals surface area (Å²) in [6.07, 6.45) is 3.39. The Hall–Kier alpha value is -2.33. The number of nitrogens with one attached hydrogen (secondary N) is 2. The van der Waals surface area contributed by atoms with Crippen LogP contribution in [0.4, 0.5) is 0 Å². The summed E-state index contributed by atoms with van der Waals surface area (Å²) in [6.45, 7) is 0.463. The number of hydrogen-bond donors (Lipinski definition) is 2. The number of benzene rings is 1. The highest BCUT2D eigenvalue weighted by Crippen LogP contribution is 2.15. The zero-order valence-corrected chi connectivity index (χ0v) is 11.3. The van der Waals surface area contributed by atoms with Gasteiger partial charge in [-0.1, -0.05) is 23.7 Å². The summed E-state index contributed by atoms with van der Waals surface area (Å²) >= 11 is 5.83. The largest absolute Gasteiger partial charge is 0.348 e. The van der Waals surface area contributed by atoms with E-state index in [1.807, 2.05) is 18.2 Å². The van der Waals surface area contributed by atoms with Gasteiger partial charge in [0.05, 0.1) is 5.56 Å². The number of nitrogens with zero attached hydrogens (tertiary/aromatic N) is 1. The minimum atomic E-state index is -0.119. The van der Waals surface area contributed by atoms with Crippen molar-refractivity contribution in [1.82, 2.24) is 15.3 Å². The second-order valence-corrected chi connectivity index (χ2v) is 4.84. The van der Waals surface area contributed by atoms with Crippen molar-refractivity contribution in [2.45, 2.75) is 6.54 Å². The summed E-state index contributed by atoms with van der Waals surface area (Å²) in [5.41, 5.74) is 2.33. The number of carbonyl (C=O) groups is 1. The molecule has 5 heteroatoms. The fourth-order valence-electron chi connectivity index (χ4n) is 2.04. The van der Waals surface area contributed by atoms with Crippen molar-refractivity contribution in [3.05, 3.63) is 64.9 Å². The fourth-order valence-corrected chi connectivity index (χ4v) is 2.16. The van der Waals surface area contributed by atoms with Gasteiger partial charge in [-0.15, -0.1) is 0 Å². The van der Waals surface area contributed by atoms with Gasteiger partial charge in [-0.3, -0.25) is 4.79 Å². The molecule has 0 radical (unpaired) electrons. The van der Waals surface area contributed by atoms with Gasteiger partial charge in [-0.2, -0.15) is 0 Å². The molecule has 0 unspecified atom stereocenters. The molecule has 100 valence electrons. The highest BCUT2D eigenvalue weighted by molar-refractivity contribution is 6.30. The fraction of sp³-hybridized carbons (Fsp3) is 0.0667. The lowest BCUT2D eigenvalue weighted by Crippen LogP contribution is -2.22. The molecule has 0 bridgehead atoms. The van der Waals surface area contributed by atoms with Gasteiger partial charge in [0, 0.05) is 29.3 Å². The molecule has 2 aromatic heterocycles. The van der Waals surface area contributed by atoms with Crippen molar-refractivity contribution in [2.75, 3.05) is 0 Å².